The largest absolute Gasteiger partial charge is 0.367 e. The molecular formula is C28H27N3. The Labute approximate surface area is 184 Å². The number of rotatable bonds is 8. The molecule has 0 saturated heterocycles. The van der Waals surface area contributed by atoms with Crippen LogP contribution in [0.1, 0.15) is 18.1 Å². The van der Waals surface area contributed by atoms with Gasteiger partial charge in [0.1, 0.15) is 0 Å². The van der Waals surface area contributed by atoms with Crippen LogP contribution in [0.25, 0.3) is 0 Å². The number of hydrogen-bond donors (Lipinski definition) is 0. The Hall–Kier alpha value is -3.85. The Morgan fingerprint density at radius 2 is 1.13 bits per heavy atom. The van der Waals surface area contributed by atoms with Gasteiger partial charge in [-0.2, -0.15) is 5.10 Å². The van der Waals surface area contributed by atoms with Crippen LogP contribution in [0.15, 0.2) is 120 Å². The van der Waals surface area contributed by atoms with Crippen molar-refractivity contribution in [3.8, 4) is 0 Å². The molecule has 0 heterocycles. The van der Waals surface area contributed by atoms with Crippen molar-refractivity contribution in [2.24, 2.45) is 5.10 Å². The van der Waals surface area contributed by atoms with Gasteiger partial charge in [-0.1, -0.05) is 78.9 Å². The summed E-state index contributed by atoms with van der Waals surface area (Å²) in [5, 5.41) is 6.75. The number of benzene rings is 4. The molecule has 0 aliphatic heterocycles. The first-order chi connectivity index (χ1) is 15.3. The van der Waals surface area contributed by atoms with Crippen molar-refractivity contribution in [1.29, 1.82) is 0 Å². The fraction of sp³-hybridized carbons (Fsp3) is 0.107. The Bertz CT molecular complexity index is 1040. The number of anilines is 3. The molecule has 0 atom stereocenters. The zero-order valence-corrected chi connectivity index (χ0v) is 17.8. The van der Waals surface area contributed by atoms with E-state index < -0.39 is 0 Å². The maximum atomic E-state index is 4.79. The van der Waals surface area contributed by atoms with Gasteiger partial charge in [-0.25, -0.2) is 5.01 Å². The minimum Gasteiger partial charge on any atom is -0.367 e. The van der Waals surface area contributed by atoms with Gasteiger partial charge in [-0.15, -0.1) is 0 Å². The third-order valence-corrected chi connectivity index (χ3v) is 5.18. The molecule has 0 saturated carbocycles. The highest BCUT2D eigenvalue weighted by Crippen LogP contribution is 2.25. The van der Waals surface area contributed by atoms with E-state index in [1.165, 1.54) is 11.3 Å². The van der Waals surface area contributed by atoms with Gasteiger partial charge in [0, 0.05) is 18.8 Å². The highest BCUT2D eigenvalue weighted by Gasteiger charge is 2.07. The van der Waals surface area contributed by atoms with Crippen molar-refractivity contribution in [1.82, 2.24) is 0 Å². The Morgan fingerprint density at radius 3 is 1.65 bits per heavy atom. The Balaban J connectivity index is 1.52. The van der Waals surface area contributed by atoms with Gasteiger partial charge in [0.2, 0.25) is 0 Å². The number of hydrazone groups is 1. The van der Waals surface area contributed by atoms with E-state index in [1.807, 2.05) is 47.6 Å². The maximum absolute atomic E-state index is 4.79. The van der Waals surface area contributed by atoms with Crippen LogP contribution in [0.4, 0.5) is 17.1 Å². The summed E-state index contributed by atoms with van der Waals surface area (Å²) in [6.07, 6.45) is 1.91. The van der Waals surface area contributed by atoms with Crippen LogP contribution in [0.5, 0.6) is 0 Å². The normalized spacial score (nSPS) is 10.9. The first-order valence-electron chi connectivity index (χ1n) is 10.7. The van der Waals surface area contributed by atoms with Gasteiger partial charge >= 0.3 is 0 Å². The number of para-hydroxylation sites is 2. The van der Waals surface area contributed by atoms with Crippen LogP contribution in [-0.2, 0) is 6.54 Å². The molecule has 0 spiro atoms. The molecule has 0 N–H and O–H groups in total. The van der Waals surface area contributed by atoms with E-state index in [1.54, 1.807) is 0 Å². The molecule has 0 unspecified atom stereocenters. The summed E-state index contributed by atoms with van der Waals surface area (Å²) in [5.41, 5.74) is 5.65. The van der Waals surface area contributed by atoms with Crippen LogP contribution in [-0.4, -0.2) is 12.8 Å². The van der Waals surface area contributed by atoms with Crippen LogP contribution in [0.2, 0.25) is 0 Å². The van der Waals surface area contributed by atoms with Crippen molar-refractivity contribution < 1.29 is 0 Å². The van der Waals surface area contributed by atoms with Gasteiger partial charge in [-0.3, -0.25) is 0 Å². The smallest absolute Gasteiger partial charge is 0.0652 e. The average molecular weight is 406 g/mol. The summed E-state index contributed by atoms with van der Waals surface area (Å²) in [7, 11) is 0. The summed E-state index contributed by atoms with van der Waals surface area (Å²) >= 11 is 0. The highest BCUT2D eigenvalue weighted by molar-refractivity contribution is 5.82. The first-order valence-corrected chi connectivity index (χ1v) is 10.7. The standard InChI is InChI=1S/C28H27N3/c1-2-30(23-25-12-6-3-7-13-25)26-20-18-24(19-21-26)22-29-31(27-14-8-4-9-15-27)28-16-10-5-11-17-28/h3-22H,2,23H2,1H3. The molecule has 0 amide bonds. The Morgan fingerprint density at radius 1 is 0.613 bits per heavy atom. The second-order valence-corrected chi connectivity index (χ2v) is 7.32. The summed E-state index contributed by atoms with van der Waals surface area (Å²) < 4.78 is 0. The van der Waals surface area contributed by atoms with E-state index in [4.69, 9.17) is 5.10 Å². The van der Waals surface area contributed by atoms with Crippen molar-refractivity contribution in [3.05, 3.63) is 126 Å². The van der Waals surface area contributed by atoms with Crippen molar-refractivity contribution in [2.75, 3.05) is 16.5 Å². The molecule has 0 aliphatic rings. The van der Waals surface area contributed by atoms with Crippen LogP contribution in [0.3, 0.4) is 0 Å². The van der Waals surface area contributed by atoms with Crippen LogP contribution < -0.4 is 9.91 Å². The molecule has 4 aromatic rings. The van der Waals surface area contributed by atoms with Gasteiger partial charge in [-0.05, 0) is 54.4 Å². The lowest BCUT2D eigenvalue weighted by Crippen LogP contribution is -2.21. The molecule has 0 fully saturated rings. The molecule has 154 valence electrons. The minimum atomic E-state index is 0.903. The van der Waals surface area contributed by atoms with Gasteiger partial charge in [0.25, 0.3) is 0 Å². The molecule has 0 radical (unpaired) electrons. The molecule has 0 aliphatic carbocycles. The quantitative estimate of drug-likeness (QED) is 0.235. The van der Waals surface area contributed by atoms with Crippen molar-refractivity contribution in [3.63, 3.8) is 0 Å². The monoisotopic (exact) mass is 405 g/mol. The van der Waals surface area contributed by atoms with E-state index in [0.29, 0.717) is 0 Å². The number of hydrogen-bond acceptors (Lipinski definition) is 3. The molecular weight excluding hydrogens is 378 g/mol. The predicted molar refractivity (Wildman–Crippen MR) is 132 cm³/mol. The zero-order valence-electron chi connectivity index (χ0n) is 17.8. The summed E-state index contributed by atoms with van der Waals surface area (Å²) in [6, 6.07) is 39.6. The molecule has 0 aromatic heterocycles. The minimum absolute atomic E-state index is 0.903. The van der Waals surface area contributed by atoms with Gasteiger partial charge in [0.15, 0.2) is 0 Å². The molecule has 3 nitrogen and oxygen atoms in total. The lowest BCUT2D eigenvalue weighted by Gasteiger charge is -2.23. The molecule has 3 heteroatoms. The zero-order chi connectivity index (χ0) is 21.3. The molecule has 0 bridgehead atoms. The van der Waals surface area contributed by atoms with E-state index in [0.717, 1.165) is 30.0 Å². The third-order valence-electron chi connectivity index (χ3n) is 5.18. The van der Waals surface area contributed by atoms with Gasteiger partial charge < -0.3 is 4.90 Å². The topological polar surface area (TPSA) is 18.8 Å². The lowest BCUT2D eigenvalue weighted by atomic mass is 10.1. The molecule has 4 rings (SSSR count). The summed E-state index contributed by atoms with van der Waals surface area (Å²) in [4.78, 5) is 2.37. The first kappa shape index (κ1) is 20.4. The van der Waals surface area contributed by atoms with Crippen LogP contribution in [0, 0.1) is 0 Å². The van der Waals surface area contributed by atoms with E-state index >= 15 is 0 Å². The lowest BCUT2D eigenvalue weighted by molar-refractivity contribution is 0.832. The molecule has 4 aromatic carbocycles. The van der Waals surface area contributed by atoms with E-state index in [9.17, 15) is 0 Å². The third kappa shape index (κ3) is 5.40. The molecule has 31 heavy (non-hydrogen) atoms. The number of nitrogens with zero attached hydrogens (tertiary/aromatic N) is 3. The van der Waals surface area contributed by atoms with Crippen LogP contribution >= 0.6 is 0 Å². The maximum Gasteiger partial charge on any atom is 0.0652 e. The summed E-state index contributed by atoms with van der Waals surface area (Å²) in [5.74, 6) is 0. The fourth-order valence-electron chi connectivity index (χ4n) is 3.51. The fourth-order valence-corrected chi connectivity index (χ4v) is 3.51. The van der Waals surface area contributed by atoms with Gasteiger partial charge in [0.05, 0.1) is 17.6 Å². The summed E-state index contributed by atoms with van der Waals surface area (Å²) in [6.45, 7) is 4.05. The predicted octanol–water partition coefficient (Wildman–Crippen LogP) is 6.89. The Kier molecular flexibility index (Phi) is 6.76. The SMILES string of the molecule is CCN(Cc1ccccc1)c1ccc(C=NN(c2ccccc2)c2ccccc2)cc1. The van der Waals surface area contributed by atoms with E-state index in [2.05, 4.69) is 90.7 Å². The highest BCUT2D eigenvalue weighted by atomic mass is 15.5. The average Bonchev–Trinajstić information content (AvgIpc) is 2.85. The van der Waals surface area contributed by atoms with Crippen molar-refractivity contribution in [2.45, 2.75) is 13.5 Å². The second-order valence-electron chi connectivity index (χ2n) is 7.32. The van der Waals surface area contributed by atoms with E-state index in [-0.39, 0.29) is 0 Å². The second kappa shape index (κ2) is 10.3. The van der Waals surface area contributed by atoms with Crippen molar-refractivity contribution >= 4 is 23.3 Å².